The summed E-state index contributed by atoms with van der Waals surface area (Å²) in [6.07, 6.45) is 0.855. The molecule has 1 fully saturated rings. The van der Waals surface area contributed by atoms with E-state index in [0.29, 0.717) is 23.9 Å². The average molecular weight is 288 g/mol. The van der Waals surface area contributed by atoms with Gasteiger partial charge in [-0.3, -0.25) is 0 Å². The van der Waals surface area contributed by atoms with Gasteiger partial charge < -0.3 is 0 Å². The molecule has 1 aliphatic heterocycles. The lowest BCUT2D eigenvalue weighted by Gasteiger charge is -2.18. The summed E-state index contributed by atoms with van der Waals surface area (Å²) in [5.74, 6) is 0.811. The van der Waals surface area contributed by atoms with Crippen LogP contribution in [0.3, 0.4) is 0 Å². The monoisotopic (exact) mass is 287 g/mol. The second kappa shape index (κ2) is 5.19. The standard InChI is InChI=1S/C13H18ClNO2S/c1-10-3-4-13(11(2)7-10)18(16,17)15-6-5-12(8-14)9-15/h3-4,7,12H,5-6,8-9H2,1-2H3. The fourth-order valence-electron chi connectivity index (χ4n) is 2.37. The van der Waals surface area contributed by atoms with Crippen molar-refractivity contribution >= 4 is 21.6 Å². The van der Waals surface area contributed by atoms with Gasteiger partial charge in [-0.1, -0.05) is 17.7 Å². The second-order valence-electron chi connectivity index (χ2n) is 4.94. The first-order chi connectivity index (χ1) is 8.45. The molecule has 1 heterocycles. The molecule has 1 aliphatic rings. The topological polar surface area (TPSA) is 37.4 Å². The van der Waals surface area contributed by atoms with Crippen LogP contribution in [0.25, 0.3) is 0 Å². The SMILES string of the molecule is Cc1ccc(S(=O)(=O)N2CCC(CCl)C2)c(C)c1. The Hall–Kier alpha value is -0.580. The van der Waals surface area contributed by atoms with Crippen molar-refractivity contribution in [1.29, 1.82) is 0 Å². The fourth-order valence-corrected chi connectivity index (χ4v) is 4.36. The number of hydrogen-bond donors (Lipinski definition) is 0. The minimum atomic E-state index is -3.35. The second-order valence-corrected chi connectivity index (χ2v) is 7.16. The van der Waals surface area contributed by atoms with Crippen molar-refractivity contribution in [2.45, 2.75) is 25.2 Å². The molecule has 0 N–H and O–H groups in total. The van der Waals surface area contributed by atoms with Crippen LogP contribution >= 0.6 is 11.6 Å². The molecule has 3 nitrogen and oxygen atoms in total. The Morgan fingerprint density at radius 2 is 2.11 bits per heavy atom. The van der Waals surface area contributed by atoms with Crippen molar-refractivity contribution in [3.63, 3.8) is 0 Å². The van der Waals surface area contributed by atoms with Crippen LogP contribution < -0.4 is 0 Å². The Morgan fingerprint density at radius 1 is 1.39 bits per heavy atom. The van der Waals surface area contributed by atoms with Gasteiger partial charge in [-0.2, -0.15) is 4.31 Å². The van der Waals surface area contributed by atoms with Crippen LogP contribution in [0.15, 0.2) is 23.1 Å². The Morgan fingerprint density at radius 3 is 2.67 bits per heavy atom. The van der Waals surface area contributed by atoms with Gasteiger partial charge in [-0.25, -0.2) is 8.42 Å². The number of aryl methyl sites for hydroxylation is 2. The number of nitrogens with zero attached hydrogens (tertiary/aromatic N) is 1. The van der Waals surface area contributed by atoms with Crippen LogP contribution in [-0.4, -0.2) is 31.7 Å². The van der Waals surface area contributed by atoms with Crippen LogP contribution in [0.2, 0.25) is 0 Å². The van der Waals surface area contributed by atoms with E-state index in [9.17, 15) is 8.42 Å². The highest BCUT2D eigenvalue weighted by Crippen LogP contribution is 2.27. The molecule has 0 aromatic heterocycles. The van der Waals surface area contributed by atoms with E-state index in [4.69, 9.17) is 11.6 Å². The third-order valence-corrected chi connectivity index (χ3v) is 5.88. The van der Waals surface area contributed by atoms with Crippen LogP contribution in [0.1, 0.15) is 17.5 Å². The third kappa shape index (κ3) is 2.56. The lowest BCUT2D eigenvalue weighted by Crippen LogP contribution is -2.29. The van der Waals surface area contributed by atoms with Gasteiger partial charge in [0.05, 0.1) is 4.90 Å². The van der Waals surface area contributed by atoms with Crippen LogP contribution in [-0.2, 0) is 10.0 Å². The van der Waals surface area contributed by atoms with E-state index in [1.54, 1.807) is 10.4 Å². The zero-order valence-corrected chi connectivity index (χ0v) is 12.3. The van der Waals surface area contributed by atoms with Gasteiger partial charge in [0.25, 0.3) is 0 Å². The van der Waals surface area contributed by atoms with Gasteiger partial charge >= 0.3 is 0 Å². The highest BCUT2D eigenvalue weighted by molar-refractivity contribution is 7.89. The summed E-state index contributed by atoms with van der Waals surface area (Å²) in [4.78, 5) is 0.420. The molecule has 0 amide bonds. The minimum Gasteiger partial charge on any atom is -0.207 e. The smallest absolute Gasteiger partial charge is 0.207 e. The van der Waals surface area contributed by atoms with Gasteiger partial charge in [-0.05, 0) is 37.8 Å². The fraction of sp³-hybridized carbons (Fsp3) is 0.538. The molecule has 0 saturated carbocycles. The molecule has 1 aromatic rings. The highest BCUT2D eigenvalue weighted by Gasteiger charge is 2.32. The maximum atomic E-state index is 12.5. The zero-order valence-electron chi connectivity index (χ0n) is 10.7. The zero-order chi connectivity index (χ0) is 13.3. The van der Waals surface area contributed by atoms with Gasteiger partial charge in [0, 0.05) is 19.0 Å². The summed E-state index contributed by atoms with van der Waals surface area (Å²) in [5, 5.41) is 0. The van der Waals surface area contributed by atoms with E-state index in [1.165, 1.54) is 0 Å². The first-order valence-electron chi connectivity index (χ1n) is 6.08. The van der Waals surface area contributed by atoms with Crippen LogP contribution in [0, 0.1) is 19.8 Å². The minimum absolute atomic E-state index is 0.284. The number of benzene rings is 1. The van der Waals surface area contributed by atoms with E-state index in [1.807, 2.05) is 26.0 Å². The lowest BCUT2D eigenvalue weighted by atomic mass is 10.2. The first kappa shape index (κ1) is 13.8. The predicted octanol–water partition coefficient (Wildman–Crippen LogP) is 2.55. The van der Waals surface area contributed by atoms with Crippen molar-refractivity contribution in [3.8, 4) is 0 Å². The van der Waals surface area contributed by atoms with Gasteiger partial charge in [0.2, 0.25) is 10.0 Å². The van der Waals surface area contributed by atoms with Crippen molar-refractivity contribution in [1.82, 2.24) is 4.31 Å². The molecule has 18 heavy (non-hydrogen) atoms. The quantitative estimate of drug-likeness (QED) is 0.801. The molecule has 100 valence electrons. The summed E-state index contributed by atoms with van der Waals surface area (Å²) in [6.45, 7) is 4.92. The predicted molar refractivity (Wildman–Crippen MR) is 73.5 cm³/mol. The first-order valence-corrected chi connectivity index (χ1v) is 8.06. The summed E-state index contributed by atoms with van der Waals surface area (Å²) in [5.41, 5.74) is 1.89. The Balaban J connectivity index is 2.31. The molecular weight excluding hydrogens is 270 g/mol. The molecule has 0 radical (unpaired) electrons. The Kier molecular flexibility index (Phi) is 3.99. The summed E-state index contributed by atoms with van der Waals surface area (Å²) in [6, 6.07) is 5.45. The molecule has 1 saturated heterocycles. The van der Waals surface area contributed by atoms with Gasteiger partial charge in [0.1, 0.15) is 0 Å². The molecule has 5 heteroatoms. The lowest BCUT2D eigenvalue weighted by molar-refractivity contribution is 0.465. The van der Waals surface area contributed by atoms with E-state index in [-0.39, 0.29) is 5.92 Å². The molecule has 2 rings (SSSR count). The summed E-state index contributed by atoms with van der Waals surface area (Å²) in [7, 11) is -3.35. The van der Waals surface area contributed by atoms with Gasteiger partial charge in [0.15, 0.2) is 0 Å². The Labute approximate surface area is 114 Å². The Bertz CT molecular complexity index is 542. The number of rotatable bonds is 3. The molecule has 0 bridgehead atoms. The van der Waals surface area contributed by atoms with E-state index in [0.717, 1.165) is 17.5 Å². The van der Waals surface area contributed by atoms with Crippen molar-refractivity contribution < 1.29 is 8.42 Å². The molecule has 1 aromatic carbocycles. The maximum Gasteiger partial charge on any atom is 0.243 e. The number of hydrogen-bond acceptors (Lipinski definition) is 2. The van der Waals surface area contributed by atoms with Crippen molar-refractivity contribution in [2.75, 3.05) is 19.0 Å². The highest BCUT2D eigenvalue weighted by atomic mass is 35.5. The number of sulfonamides is 1. The van der Waals surface area contributed by atoms with Crippen LogP contribution in [0.4, 0.5) is 0 Å². The molecule has 1 atom stereocenters. The van der Waals surface area contributed by atoms with Crippen LogP contribution in [0.5, 0.6) is 0 Å². The number of halogens is 1. The summed E-state index contributed by atoms with van der Waals surface area (Å²) >= 11 is 5.80. The van der Waals surface area contributed by atoms with E-state index in [2.05, 4.69) is 0 Å². The van der Waals surface area contributed by atoms with E-state index < -0.39 is 10.0 Å². The van der Waals surface area contributed by atoms with E-state index >= 15 is 0 Å². The average Bonchev–Trinajstić information content (AvgIpc) is 2.77. The number of alkyl halides is 1. The summed E-state index contributed by atoms with van der Waals surface area (Å²) < 4.78 is 26.6. The third-order valence-electron chi connectivity index (χ3n) is 3.42. The molecule has 0 spiro atoms. The molecule has 0 aliphatic carbocycles. The van der Waals surface area contributed by atoms with Gasteiger partial charge in [-0.15, -0.1) is 11.6 Å². The largest absolute Gasteiger partial charge is 0.243 e. The van der Waals surface area contributed by atoms with Crippen molar-refractivity contribution in [3.05, 3.63) is 29.3 Å². The normalized spacial score (nSPS) is 21.4. The van der Waals surface area contributed by atoms with Crippen molar-refractivity contribution in [2.24, 2.45) is 5.92 Å². The maximum absolute atomic E-state index is 12.5. The molecule has 1 unspecified atom stereocenters. The molecular formula is C13H18ClNO2S.